The third kappa shape index (κ3) is 5.59. The van der Waals surface area contributed by atoms with Crippen molar-refractivity contribution in [2.75, 3.05) is 0 Å². The molecule has 2 aliphatic rings. The Morgan fingerprint density at radius 3 is 1.45 bits per heavy atom. The van der Waals surface area contributed by atoms with Crippen molar-refractivity contribution in [2.45, 2.75) is 13.1 Å². The van der Waals surface area contributed by atoms with Crippen molar-refractivity contribution in [3.63, 3.8) is 0 Å². The zero-order valence-corrected chi connectivity index (χ0v) is 18.6. The van der Waals surface area contributed by atoms with Gasteiger partial charge in [-0.1, -0.05) is 84.3 Å². The van der Waals surface area contributed by atoms with Gasteiger partial charge in [0.2, 0.25) is 0 Å². The van der Waals surface area contributed by atoms with Gasteiger partial charge in [0.05, 0.1) is 11.4 Å². The molecule has 0 spiro atoms. The summed E-state index contributed by atoms with van der Waals surface area (Å²) in [7, 11) is -2.44. The molecule has 0 bridgehead atoms. The first-order chi connectivity index (χ1) is 15.1. The van der Waals surface area contributed by atoms with Crippen LogP contribution in [0.2, 0.25) is 13.1 Å². The van der Waals surface area contributed by atoms with E-state index in [0.717, 1.165) is 34.2 Å². The molecule has 152 valence electrons. The number of benzene rings is 2. The van der Waals surface area contributed by atoms with Crippen molar-refractivity contribution in [3.8, 4) is 0 Å². The molecule has 2 aromatic carbocycles. The Hall–Kier alpha value is -3.88. The Morgan fingerprint density at radius 1 is 0.677 bits per heavy atom. The molecule has 4 rings (SSSR count). The van der Waals surface area contributed by atoms with E-state index in [-0.39, 0.29) is 0 Å². The van der Waals surface area contributed by atoms with Crippen LogP contribution in [-0.4, -0.2) is 20.1 Å². The molecule has 5 heteroatoms. The van der Waals surface area contributed by atoms with Gasteiger partial charge in [0.1, 0.15) is 11.7 Å². The maximum Gasteiger partial charge on any atom is 0.301 e. The number of nitrogens with zero attached hydrogens (tertiary/aromatic N) is 2. The van der Waals surface area contributed by atoms with E-state index >= 15 is 0 Å². The smallest absolute Gasteiger partial charge is 0.301 e. The standard InChI is InChI=1S/C26H24N4Si/c1-31(2,29-25(21-13-5-3-6-14-21)27-23-17-9-10-18-23)30-26(22-15-7-4-8-16-22)28-24-19-11-12-20-24/h3-17,19H,1-2H3,(H,27,29)(H,28,30). The number of hydrogen-bond donors (Lipinski definition) is 2. The lowest BCUT2D eigenvalue weighted by molar-refractivity contribution is 1.17. The Labute approximate surface area is 184 Å². The van der Waals surface area contributed by atoms with Gasteiger partial charge in [-0.15, -0.1) is 0 Å². The van der Waals surface area contributed by atoms with Crippen LogP contribution >= 0.6 is 0 Å². The van der Waals surface area contributed by atoms with E-state index in [0.29, 0.717) is 0 Å². The summed E-state index contributed by atoms with van der Waals surface area (Å²) in [6.45, 7) is 4.26. The van der Waals surface area contributed by atoms with Crippen molar-refractivity contribution in [1.82, 2.24) is 10.6 Å². The van der Waals surface area contributed by atoms with Crippen molar-refractivity contribution >= 4 is 20.1 Å². The lowest BCUT2D eigenvalue weighted by Gasteiger charge is -2.19. The van der Waals surface area contributed by atoms with Crippen LogP contribution in [0.1, 0.15) is 11.1 Å². The zero-order chi connectivity index (χ0) is 21.5. The second kappa shape index (κ2) is 9.29. The third-order valence-corrected chi connectivity index (χ3v) is 6.11. The molecule has 2 aromatic rings. The van der Waals surface area contributed by atoms with Crippen LogP contribution in [0.15, 0.2) is 129 Å². The Bertz CT molecular complexity index is 1110. The van der Waals surface area contributed by atoms with Gasteiger partial charge in [-0.2, -0.15) is 0 Å². The minimum absolute atomic E-state index is 0.802. The maximum atomic E-state index is 5.13. The summed E-state index contributed by atoms with van der Waals surface area (Å²) in [6.07, 6.45) is 11.7. The lowest BCUT2D eigenvalue weighted by atomic mass is 10.2. The number of nitrogens with one attached hydrogen (secondary N) is 2. The molecule has 2 N–H and O–H groups in total. The number of hydrogen-bond acceptors (Lipinski definition) is 2. The molecule has 0 radical (unpaired) electrons. The molecular formula is C26H24N4Si. The van der Waals surface area contributed by atoms with E-state index in [4.69, 9.17) is 9.32 Å². The summed E-state index contributed by atoms with van der Waals surface area (Å²) in [5, 5.41) is 6.85. The highest BCUT2D eigenvalue weighted by atomic mass is 28.3. The van der Waals surface area contributed by atoms with Crippen molar-refractivity contribution in [3.05, 3.63) is 131 Å². The topological polar surface area (TPSA) is 48.8 Å². The molecule has 0 aliphatic heterocycles. The van der Waals surface area contributed by atoms with E-state index in [1.54, 1.807) is 0 Å². The summed E-state index contributed by atoms with van der Waals surface area (Å²) >= 11 is 0. The molecular weight excluding hydrogens is 396 g/mol. The zero-order valence-electron chi connectivity index (χ0n) is 17.6. The average molecular weight is 421 g/mol. The highest BCUT2D eigenvalue weighted by Gasteiger charge is 2.24. The largest absolute Gasteiger partial charge is 0.334 e. The van der Waals surface area contributed by atoms with Gasteiger partial charge >= 0.3 is 8.40 Å². The van der Waals surface area contributed by atoms with Gasteiger partial charge in [0.25, 0.3) is 0 Å². The van der Waals surface area contributed by atoms with Crippen LogP contribution in [0, 0.1) is 0 Å². The van der Waals surface area contributed by atoms with Gasteiger partial charge in [0, 0.05) is 11.1 Å². The minimum atomic E-state index is -2.44. The van der Waals surface area contributed by atoms with Gasteiger partial charge in [-0.25, -0.2) is 0 Å². The summed E-state index contributed by atoms with van der Waals surface area (Å²) in [5.41, 5.74) is 10.2. The van der Waals surface area contributed by atoms with Gasteiger partial charge in [-0.3, -0.25) is 9.32 Å². The van der Waals surface area contributed by atoms with Crippen LogP contribution in [0.5, 0.6) is 0 Å². The monoisotopic (exact) mass is 420 g/mol. The molecule has 0 aromatic heterocycles. The van der Waals surface area contributed by atoms with Crippen molar-refractivity contribution < 1.29 is 0 Å². The van der Waals surface area contributed by atoms with E-state index in [2.05, 4.69) is 59.5 Å². The van der Waals surface area contributed by atoms with Crippen molar-refractivity contribution in [1.29, 1.82) is 0 Å². The third-order valence-electron chi connectivity index (χ3n) is 4.57. The van der Waals surface area contributed by atoms with Crippen LogP contribution < -0.4 is 10.6 Å². The van der Waals surface area contributed by atoms with Gasteiger partial charge < -0.3 is 10.6 Å². The fourth-order valence-electron chi connectivity index (χ4n) is 3.16. The summed E-state index contributed by atoms with van der Waals surface area (Å²) < 4.78 is 10.3. The second-order valence-electron chi connectivity index (χ2n) is 7.56. The van der Waals surface area contributed by atoms with Gasteiger partial charge in [-0.05, 0) is 37.4 Å². The molecule has 0 saturated carbocycles. The first-order valence-electron chi connectivity index (χ1n) is 10.2. The quantitative estimate of drug-likeness (QED) is 0.300. The number of allylic oxidation sites excluding steroid dienone is 4. The fourth-order valence-corrected chi connectivity index (χ4v) is 4.68. The highest BCUT2D eigenvalue weighted by molar-refractivity contribution is 6.76. The second-order valence-corrected chi connectivity index (χ2v) is 11.0. The SMILES string of the molecule is C[Si](C)(N=C(NC1=C=CC=C1)c1ccccc1)N=C(NC1=C=CC=C1)c1ccccc1. The summed E-state index contributed by atoms with van der Waals surface area (Å²) in [4.78, 5) is 0. The van der Waals surface area contributed by atoms with Crippen LogP contribution in [-0.2, 0) is 0 Å². The maximum absolute atomic E-state index is 5.13. The highest BCUT2D eigenvalue weighted by Crippen LogP contribution is 2.14. The molecule has 0 fully saturated rings. The first kappa shape index (κ1) is 20.4. The predicted molar refractivity (Wildman–Crippen MR) is 131 cm³/mol. The molecule has 0 heterocycles. The van der Waals surface area contributed by atoms with E-state index < -0.39 is 8.40 Å². The van der Waals surface area contributed by atoms with Crippen LogP contribution in [0.3, 0.4) is 0 Å². The predicted octanol–water partition coefficient (Wildman–Crippen LogP) is 4.98. The molecule has 0 unspecified atom stereocenters. The molecule has 31 heavy (non-hydrogen) atoms. The average Bonchev–Trinajstić information content (AvgIpc) is 3.48. The van der Waals surface area contributed by atoms with Crippen LogP contribution in [0.25, 0.3) is 0 Å². The Kier molecular flexibility index (Phi) is 6.11. The molecule has 4 nitrogen and oxygen atoms in total. The van der Waals surface area contributed by atoms with E-state index in [1.807, 2.05) is 72.9 Å². The number of rotatable bonds is 6. The van der Waals surface area contributed by atoms with E-state index in [9.17, 15) is 0 Å². The Morgan fingerprint density at radius 2 is 1.10 bits per heavy atom. The molecule has 0 amide bonds. The molecule has 2 aliphatic carbocycles. The normalized spacial score (nSPS) is 15.3. The summed E-state index contributed by atoms with van der Waals surface area (Å²) in [5.74, 6) is 1.60. The first-order valence-corrected chi connectivity index (χ1v) is 13.1. The number of amidine groups is 2. The van der Waals surface area contributed by atoms with E-state index in [1.165, 1.54) is 0 Å². The minimum Gasteiger partial charge on any atom is -0.334 e. The van der Waals surface area contributed by atoms with Crippen molar-refractivity contribution in [2.24, 2.45) is 9.32 Å². The molecule has 0 atom stereocenters. The lowest BCUT2D eigenvalue weighted by Crippen LogP contribution is -2.34. The van der Waals surface area contributed by atoms with Crippen LogP contribution in [0.4, 0.5) is 0 Å². The van der Waals surface area contributed by atoms with Gasteiger partial charge in [0.15, 0.2) is 0 Å². The molecule has 0 saturated heterocycles. The Balaban J connectivity index is 1.72. The summed E-state index contributed by atoms with van der Waals surface area (Å²) in [6, 6.07) is 20.3. The fraction of sp³-hybridized carbons (Fsp3) is 0.0769.